The van der Waals surface area contributed by atoms with Crippen molar-refractivity contribution in [3.05, 3.63) is 83.7 Å². The number of imidazole rings is 1. The van der Waals surface area contributed by atoms with Gasteiger partial charge in [-0.15, -0.1) is 0 Å². The van der Waals surface area contributed by atoms with E-state index in [0.717, 1.165) is 21.9 Å². The van der Waals surface area contributed by atoms with Crippen LogP contribution in [0.15, 0.2) is 60.9 Å². The smallest absolute Gasteiger partial charge is 0.450 e. The number of hydrogen-bond acceptors (Lipinski definition) is 5. The zero-order chi connectivity index (χ0) is 27.9. The zero-order valence-electron chi connectivity index (χ0n) is 21.7. The second kappa shape index (κ2) is 10.1. The van der Waals surface area contributed by atoms with E-state index in [1.807, 2.05) is 19.9 Å². The van der Waals surface area contributed by atoms with Gasteiger partial charge >= 0.3 is 12.1 Å². The number of aromatic nitrogens is 2. The first-order valence-corrected chi connectivity index (χ1v) is 12.6. The fraction of sp³-hybridized carbons (Fsp3) is 0.379. The molecule has 1 aromatic heterocycles. The van der Waals surface area contributed by atoms with Gasteiger partial charge in [0.2, 0.25) is 5.82 Å². The molecule has 39 heavy (non-hydrogen) atoms. The molecule has 0 unspecified atom stereocenters. The lowest BCUT2D eigenvalue weighted by Gasteiger charge is -2.31. The Morgan fingerprint density at radius 2 is 1.92 bits per heavy atom. The first-order valence-electron chi connectivity index (χ1n) is 12.6. The minimum Gasteiger partial charge on any atom is -0.490 e. The van der Waals surface area contributed by atoms with Gasteiger partial charge in [-0.3, -0.25) is 9.36 Å². The monoisotopic (exact) mass is 544 g/mol. The highest BCUT2D eigenvalue weighted by Gasteiger charge is 2.54. The van der Waals surface area contributed by atoms with Crippen LogP contribution in [0.25, 0.3) is 11.3 Å². The van der Waals surface area contributed by atoms with Crippen LogP contribution in [0.5, 0.6) is 5.75 Å². The van der Waals surface area contributed by atoms with Gasteiger partial charge in [0.25, 0.3) is 0 Å². The van der Waals surface area contributed by atoms with Crippen LogP contribution in [0.3, 0.4) is 0 Å². The number of alkyl halides is 3. The Balaban J connectivity index is 1.61. The first-order chi connectivity index (χ1) is 18.5. The molecular formula is C29H28F4N2O4. The summed E-state index contributed by atoms with van der Waals surface area (Å²) in [6.07, 6.45) is 0.491. The van der Waals surface area contributed by atoms with Crippen LogP contribution < -0.4 is 4.74 Å². The Morgan fingerprint density at radius 3 is 2.59 bits per heavy atom. The van der Waals surface area contributed by atoms with Gasteiger partial charge in [-0.2, -0.15) is 13.2 Å². The summed E-state index contributed by atoms with van der Waals surface area (Å²) >= 11 is 0. The lowest BCUT2D eigenvalue weighted by molar-refractivity contribution is -0.147. The summed E-state index contributed by atoms with van der Waals surface area (Å²) in [7, 11) is 1.33. The van der Waals surface area contributed by atoms with Crippen LogP contribution in [0, 0.1) is 11.7 Å². The summed E-state index contributed by atoms with van der Waals surface area (Å²) in [5.74, 6) is -2.26. The van der Waals surface area contributed by atoms with E-state index < -0.39 is 35.3 Å². The predicted octanol–water partition coefficient (Wildman–Crippen LogP) is 6.34. The number of rotatable bonds is 6. The largest absolute Gasteiger partial charge is 0.490 e. The van der Waals surface area contributed by atoms with E-state index in [2.05, 4.69) is 4.98 Å². The van der Waals surface area contributed by atoms with Crippen LogP contribution in [-0.4, -0.2) is 40.9 Å². The Hall–Kier alpha value is -3.66. The molecule has 5 rings (SSSR count). The number of hydrogen-bond donors (Lipinski definition) is 0. The van der Waals surface area contributed by atoms with Crippen molar-refractivity contribution in [3.8, 4) is 11.4 Å². The van der Waals surface area contributed by atoms with E-state index in [0.29, 0.717) is 24.2 Å². The fourth-order valence-electron chi connectivity index (χ4n) is 5.70. The number of carbonyl (C=O) groups excluding carboxylic acids is 1. The maximum atomic E-state index is 13.7. The molecule has 6 nitrogen and oxygen atoms in total. The fourth-order valence-corrected chi connectivity index (χ4v) is 5.70. The van der Waals surface area contributed by atoms with E-state index in [1.165, 1.54) is 25.4 Å². The normalized spacial score (nSPS) is 22.9. The van der Waals surface area contributed by atoms with Crippen molar-refractivity contribution >= 4 is 11.5 Å². The van der Waals surface area contributed by atoms with Crippen molar-refractivity contribution in [1.82, 2.24) is 9.55 Å². The lowest BCUT2D eigenvalue weighted by Crippen LogP contribution is -2.34. The van der Waals surface area contributed by atoms with Gasteiger partial charge in [-0.1, -0.05) is 12.1 Å². The van der Waals surface area contributed by atoms with Crippen LogP contribution in [0.1, 0.15) is 49.6 Å². The highest BCUT2D eigenvalue weighted by molar-refractivity contribution is 5.78. The van der Waals surface area contributed by atoms with Crippen LogP contribution in [-0.2, 0) is 20.4 Å². The molecule has 0 bridgehead atoms. The zero-order valence-corrected chi connectivity index (χ0v) is 21.7. The van der Waals surface area contributed by atoms with Crippen LogP contribution in [0.2, 0.25) is 0 Å². The SMILES string of the molecule is COC(=O)[C@H]1CC[C@@]2(C=C(c3cc(-n4ccnc4C(F)(F)F)ccc3OC(C)C)CO2)[C@@H]1c1ccc(F)cc1. The molecule has 1 saturated carbocycles. The van der Waals surface area contributed by atoms with Crippen molar-refractivity contribution in [3.63, 3.8) is 0 Å². The molecule has 0 radical (unpaired) electrons. The Bertz CT molecular complexity index is 1400. The van der Waals surface area contributed by atoms with Gasteiger partial charge in [-0.05, 0) is 74.2 Å². The third-order valence-corrected chi connectivity index (χ3v) is 7.27. The highest BCUT2D eigenvalue weighted by Crippen LogP contribution is 2.54. The average Bonchev–Trinajstić information content (AvgIpc) is 3.63. The molecule has 0 amide bonds. The van der Waals surface area contributed by atoms with E-state index in [1.54, 1.807) is 30.3 Å². The van der Waals surface area contributed by atoms with E-state index in [-0.39, 0.29) is 24.4 Å². The Kier molecular flexibility index (Phi) is 7.00. The van der Waals surface area contributed by atoms with Gasteiger partial charge < -0.3 is 14.2 Å². The van der Waals surface area contributed by atoms with E-state index in [9.17, 15) is 22.4 Å². The lowest BCUT2D eigenvalue weighted by atomic mass is 9.79. The van der Waals surface area contributed by atoms with Crippen LogP contribution >= 0.6 is 0 Å². The molecule has 2 aromatic carbocycles. The van der Waals surface area contributed by atoms with Gasteiger partial charge in [0.15, 0.2) is 0 Å². The summed E-state index contributed by atoms with van der Waals surface area (Å²) in [6, 6.07) is 10.8. The van der Waals surface area contributed by atoms with Gasteiger partial charge in [0.1, 0.15) is 11.6 Å². The average molecular weight is 545 g/mol. The van der Waals surface area contributed by atoms with Gasteiger partial charge in [0.05, 0.1) is 31.3 Å². The highest BCUT2D eigenvalue weighted by atomic mass is 19.4. The van der Waals surface area contributed by atoms with Crippen molar-refractivity contribution in [2.45, 2.75) is 50.5 Å². The van der Waals surface area contributed by atoms with Crippen LogP contribution in [0.4, 0.5) is 17.6 Å². The minimum atomic E-state index is -4.63. The number of esters is 1. The van der Waals surface area contributed by atoms with Crippen molar-refractivity contribution in [2.75, 3.05) is 13.7 Å². The van der Waals surface area contributed by atoms with Gasteiger partial charge in [-0.25, -0.2) is 9.37 Å². The maximum absolute atomic E-state index is 13.7. The molecule has 2 heterocycles. The molecule has 3 aromatic rings. The molecule has 2 aliphatic rings. The molecule has 0 saturated heterocycles. The minimum absolute atomic E-state index is 0.152. The molecule has 1 spiro atoms. The molecule has 10 heteroatoms. The van der Waals surface area contributed by atoms with Crippen molar-refractivity contribution in [2.24, 2.45) is 5.92 Å². The predicted molar refractivity (Wildman–Crippen MR) is 135 cm³/mol. The summed E-state index contributed by atoms with van der Waals surface area (Å²) in [5.41, 5.74) is 1.42. The number of benzene rings is 2. The van der Waals surface area contributed by atoms with Crippen molar-refractivity contribution < 1.29 is 36.6 Å². The third kappa shape index (κ3) is 5.05. The Labute approximate surface area is 223 Å². The van der Waals surface area contributed by atoms with Crippen molar-refractivity contribution in [1.29, 1.82) is 0 Å². The second-order valence-corrected chi connectivity index (χ2v) is 10.1. The quantitative estimate of drug-likeness (QED) is 0.268. The van der Waals surface area contributed by atoms with E-state index in [4.69, 9.17) is 14.2 Å². The second-order valence-electron chi connectivity index (χ2n) is 10.1. The molecule has 206 valence electrons. The number of methoxy groups -OCH3 is 1. The molecule has 1 aliphatic carbocycles. The first kappa shape index (κ1) is 26.9. The number of halogens is 4. The van der Waals surface area contributed by atoms with E-state index >= 15 is 0 Å². The topological polar surface area (TPSA) is 62.6 Å². The Morgan fingerprint density at radius 1 is 1.18 bits per heavy atom. The molecule has 3 atom stereocenters. The summed E-state index contributed by atoms with van der Waals surface area (Å²) in [6.45, 7) is 3.87. The molecular weight excluding hydrogens is 516 g/mol. The summed E-state index contributed by atoms with van der Waals surface area (Å²) in [4.78, 5) is 16.2. The molecule has 1 fully saturated rings. The van der Waals surface area contributed by atoms with Gasteiger partial charge in [0, 0.05) is 29.6 Å². The maximum Gasteiger partial charge on any atom is 0.450 e. The number of ether oxygens (including phenoxy) is 3. The number of nitrogens with zero attached hydrogens (tertiary/aromatic N) is 2. The number of carbonyl (C=O) groups is 1. The summed E-state index contributed by atoms with van der Waals surface area (Å²) < 4.78 is 73.0. The summed E-state index contributed by atoms with van der Waals surface area (Å²) in [5, 5.41) is 0. The molecule has 1 aliphatic heterocycles. The standard InChI is InChI=1S/C29H28F4N2O4/c1-17(2)39-24-9-8-21(35-13-12-34-27(35)29(31,32)33)14-23(24)19-15-28(38-16-19)11-10-22(26(36)37-3)25(28)18-4-6-20(30)7-5-18/h4-9,12-15,17,22,25H,10-11,16H2,1-3H3/t22-,25+,28+/m0/s1. The molecule has 0 N–H and O–H groups in total. The third-order valence-electron chi connectivity index (χ3n) is 7.27.